The van der Waals surface area contributed by atoms with Gasteiger partial charge in [0, 0.05) is 12.2 Å². The molecule has 142 valence electrons. The van der Waals surface area contributed by atoms with Crippen molar-refractivity contribution in [2.45, 2.75) is 17.9 Å². The third kappa shape index (κ3) is 5.76. The van der Waals surface area contributed by atoms with Gasteiger partial charge in [0.25, 0.3) is 0 Å². The van der Waals surface area contributed by atoms with E-state index >= 15 is 0 Å². The molecule has 0 aliphatic carbocycles. The average molecular weight is 467 g/mol. The van der Waals surface area contributed by atoms with Gasteiger partial charge in [-0.05, 0) is 57.4 Å². The third-order valence-corrected chi connectivity index (χ3v) is 6.41. The first-order valence-corrected chi connectivity index (χ1v) is 10.8. The lowest BCUT2D eigenvalue weighted by Crippen LogP contribution is -2.22. The van der Waals surface area contributed by atoms with Gasteiger partial charge < -0.3 is 5.21 Å². The first-order valence-electron chi connectivity index (χ1n) is 7.38. The molecular formula is C14H16BrFN4O4S2. The summed E-state index contributed by atoms with van der Waals surface area (Å²) in [6.07, 6.45) is 0.585. The second-order valence-corrected chi connectivity index (χ2v) is 9.10. The standard InChI is InChI=1S/C14H16BrFN4O4S2/c1-17-26(22,23)6-2-5-25-14-13(19-24-20-14)12(18-21)8-9-3-4-11(16)10(15)7-9/h3-4,7,17,21H,2,5-6,8H2,1H3/b18-12+. The highest BCUT2D eigenvalue weighted by Gasteiger charge is 2.19. The topological polar surface area (TPSA) is 118 Å². The SMILES string of the molecule is CNS(=O)(=O)CCCSc1nonc1/C(Cc1ccc(F)c(Br)c1)=N/O. The minimum absolute atomic E-state index is 0.0122. The Morgan fingerprint density at radius 3 is 2.88 bits per heavy atom. The first kappa shape index (κ1) is 20.8. The van der Waals surface area contributed by atoms with Gasteiger partial charge in [-0.3, -0.25) is 0 Å². The van der Waals surface area contributed by atoms with Crippen molar-refractivity contribution >= 4 is 43.4 Å². The van der Waals surface area contributed by atoms with Crippen molar-refractivity contribution in [1.82, 2.24) is 15.0 Å². The van der Waals surface area contributed by atoms with Gasteiger partial charge in [-0.1, -0.05) is 11.2 Å². The number of sulfonamides is 1. The van der Waals surface area contributed by atoms with E-state index in [2.05, 4.69) is 36.1 Å². The van der Waals surface area contributed by atoms with Crippen molar-refractivity contribution in [2.75, 3.05) is 18.6 Å². The lowest BCUT2D eigenvalue weighted by Gasteiger charge is -2.05. The zero-order valence-electron chi connectivity index (χ0n) is 13.6. The zero-order chi connectivity index (χ0) is 19.2. The monoisotopic (exact) mass is 466 g/mol. The van der Waals surface area contributed by atoms with Crippen LogP contribution in [0.2, 0.25) is 0 Å². The molecule has 0 fully saturated rings. The maximum atomic E-state index is 13.3. The molecule has 2 aromatic rings. The Morgan fingerprint density at radius 1 is 1.46 bits per heavy atom. The van der Waals surface area contributed by atoms with E-state index in [4.69, 9.17) is 4.63 Å². The Balaban J connectivity index is 2.03. The van der Waals surface area contributed by atoms with Crippen LogP contribution in [0.5, 0.6) is 0 Å². The van der Waals surface area contributed by atoms with E-state index in [9.17, 15) is 18.0 Å². The van der Waals surface area contributed by atoms with Crippen LogP contribution >= 0.6 is 27.7 Å². The van der Waals surface area contributed by atoms with Crippen LogP contribution in [0.3, 0.4) is 0 Å². The average Bonchev–Trinajstić information content (AvgIpc) is 3.08. The van der Waals surface area contributed by atoms with Gasteiger partial charge in [0.1, 0.15) is 11.5 Å². The van der Waals surface area contributed by atoms with Crippen LogP contribution in [0.1, 0.15) is 17.7 Å². The Bertz CT molecular complexity index is 889. The smallest absolute Gasteiger partial charge is 0.211 e. The highest BCUT2D eigenvalue weighted by molar-refractivity contribution is 9.10. The molecule has 8 nitrogen and oxygen atoms in total. The molecule has 0 unspecified atom stereocenters. The normalized spacial score (nSPS) is 12.5. The van der Waals surface area contributed by atoms with Crippen LogP contribution in [0.4, 0.5) is 4.39 Å². The van der Waals surface area contributed by atoms with Gasteiger partial charge in [-0.15, -0.1) is 11.8 Å². The van der Waals surface area contributed by atoms with Gasteiger partial charge in [0.05, 0.1) is 10.2 Å². The number of benzene rings is 1. The predicted molar refractivity (Wildman–Crippen MR) is 98.6 cm³/mol. The number of rotatable bonds is 9. The van der Waals surface area contributed by atoms with Crippen LogP contribution in [-0.2, 0) is 16.4 Å². The first-order chi connectivity index (χ1) is 12.4. The molecule has 2 rings (SSSR count). The van der Waals surface area contributed by atoms with Crippen molar-refractivity contribution < 1.29 is 22.6 Å². The lowest BCUT2D eigenvalue weighted by molar-refractivity contribution is 0.296. The summed E-state index contributed by atoms with van der Waals surface area (Å²) < 4.78 is 43.4. The molecule has 12 heteroatoms. The molecule has 0 amide bonds. The molecule has 0 aliphatic rings. The second kappa shape index (κ2) is 9.44. The molecule has 0 atom stereocenters. The quantitative estimate of drug-likeness (QED) is 0.191. The van der Waals surface area contributed by atoms with E-state index in [0.29, 0.717) is 27.2 Å². The maximum Gasteiger partial charge on any atom is 0.211 e. The number of oxime groups is 1. The van der Waals surface area contributed by atoms with Crippen molar-refractivity contribution in [3.8, 4) is 0 Å². The molecule has 1 aromatic carbocycles. The van der Waals surface area contributed by atoms with E-state index < -0.39 is 15.8 Å². The predicted octanol–water partition coefficient (Wildman–Crippen LogP) is 2.42. The molecule has 0 saturated carbocycles. The third-order valence-electron chi connectivity index (χ3n) is 3.32. The van der Waals surface area contributed by atoms with Crippen LogP contribution in [0, 0.1) is 5.82 Å². The van der Waals surface area contributed by atoms with Gasteiger partial charge in [-0.25, -0.2) is 22.2 Å². The highest BCUT2D eigenvalue weighted by Crippen LogP contribution is 2.23. The van der Waals surface area contributed by atoms with Crippen molar-refractivity contribution in [1.29, 1.82) is 0 Å². The van der Waals surface area contributed by atoms with E-state index in [-0.39, 0.29) is 23.6 Å². The largest absolute Gasteiger partial charge is 0.411 e. The van der Waals surface area contributed by atoms with Crippen LogP contribution in [0.25, 0.3) is 0 Å². The lowest BCUT2D eigenvalue weighted by atomic mass is 10.1. The van der Waals surface area contributed by atoms with Crippen molar-refractivity contribution in [3.63, 3.8) is 0 Å². The summed E-state index contributed by atoms with van der Waals surface area (Å²) in [5.41, 5.74) is 1.16. The molecule has 0 radical (unpaired) electrons. The fraction of sp³-hybridized carbons (Fsp3) is 0.357. The van der Waals surface area contributed by atoms with Gasteiger partial charge in [0.2, 0.25) is 10.0 Å². The number of nitrogens with one attached hydrogen (secondary N) is 1. The van der Waals surface area contributed by atoms with E-state index in [1.807, 2.05) is 0 Å². The zero-order valence-corrected chi connectivity index (χ0v) is 16.9. The minimum atomic E-state index is -3.26. The number of halogens is 2. The molecule has 2 N–H and O–H groups in total. The Labute approximate surface area is 162 Å². The molecule has 0 aliphatic heterocycles. The number of hydrogen-bond acceptors (Lipinski definition) is 8. The van der Waals surface area contributed by atoms with E-state index in [1.54, 1.807) is 12.1 Å². The summed E-state index contributed by atoms with van der Waals surface area (Å²) in [6.45, 7) is 0. The highest BCUT2D eigenvalue weighted by atomic mass is 79.9. The summed E-state index contributed by atoms with van der Waals surface area (Å²) >= 11 is 4.35. The number of nitrogens with zero attached hydrogens (tertiary/aromatic N) is 3. The van der Waals surface area contributed by atoms with Crippen molar-refractivity contribution in [2.24, 2.45) is 5.16 Å². The molecule has 0 spiro atoms. The summed E-state index contributed by atoms with van der Waals surface area (Å²) in [5.74, 6) is 0.0528. The molecule has 1 heterocycles. The van der Waals surface area contributed by atoms with E-state index in [0.717, 1.165) is 0 Å². The van der Waals surface area contributed by atoms with Gasteiger partial charge >= 0.3 is 0 Å². The van der Waals surface area contributed by atoms with Crippen LogP contribution in [-0.4, -0.2) is 48.2 Å². The van der Waals surface area contributed by atoms with Gasteiger partial charge in [0.15, 0.2) is 10.7 Å². The molecule has 26 heavy (non-hydrogen) atoms. The molecule has 1 aromatic heterocycles. The molecule has 0 saturated heterocycles. The number of hydrogen-bond donors (Lipinski definition) is 2. The second-order valence-electron chi connectivity index (χ2n) is 5.11. The Morgan fingerprint density at radius 2 is 2.23 bits per heavy atom. The fourth-order valence-corrected chi connectivity index (χ4v) is 4.18. The van der Waals surface area contributed by atoms with Gasteiger partial charge in [-0.2, -0.15) is 0 Å². The molecular weight excluding hydrogens is 451 g/mol. The number of thioether (sulfide) groups is 1. The minimum Gasteiger partial charge on any atom is -0.411 e. The van der Waals surface area contributed by atoms with E-state index in [1.165, 1.54) is 24.9 Å². The van der Waals surface area contributed by atoms with Crippen LogP contribution in [0.15, 0.2) is 37.5 Å². The number of aromatic nitrogens is 2. The summed E-state index contributed by atoms with van der Waals surface area (Å²) in [4.78, 5) is 0. The van der Waals surface area contributed by atoms with Crippen molar-refractivity contribution in [3.05, 3.63) is 39.7 Å². The summed E-state index contributed by atoms with van der Waals surface area (Å²) in [5, 5.41) is 20.5. The van der Waals surface area contributed by atoms with Crippen LogP contribution < -0.4 is 4.72 Å². The fourth-order valence-electron chi connectivity index (χ4n) is 1.98. The Hall–Kier alpha value is -1.50. The Kier molecular flexibility index (Phi) is 7.55. The summed E-state index contributed by atoms with van der Waals surface area (Å²) in [6, 6.07) is 4.44. The maximum absolute atomic E-state index is 13.3. The summed E-state index contributed by atoms with van der Waals surface area (Å²) in [7, 11) is -1.90. The molecule has 0 bridgehead atoms.